The predicted molar refractivity (Wildman–Crippen MR) is 77.9 cm³/mol. The Hall–Kier alpha value is -0.603. The first-order valence-corrected chi connectivity index (χ1v) is 9.29. The van der Waals surface area contributed by atoms with E-state index in [0.29, 0.717) is 0 Å². The molecule has 1 aromatic rings. The van der Waals surface area contributed by atoms with E-state index in [4.69, 9.17) is 4.43 Å². The van der Waals surface area contributed by atoms with Crippen molar-refractivity contribution in [2.75, 3.05) is 0 Å². The zero-order valence-corrected chi connectivity index (χ0v) is 13.3. The zero-order chi connectivity index (χ0) is 13.3. The van der Waals surface area contributed by atoms with Crippen molar-refractivity contribution in [2.24, 2.45) is 0 Å². The Labute approximate surface area is 107 Å². The van der Waals surface area contributed by atoms with Crippen LogP contribution in [0.25, 0.3) is 0 Å². The molecule has 0 heterocycles. The molecule has 17 heavy (non-hydrogen) atoms. The monoisotopic (exact) mass is 250 g/mol. The molecule has 0 aliphatic rings. The lowest BCUT2D eigenvalue weighted by atomic mass is 10.1. The third-order valence-corrected chi connectivity index (χ3v) is 8.38. The normalized spacial score (nSPS) is 14.8. The van der Waals surface area contributed by atoms with Gasteiger partial charge in [-0.05, 0) is 37.5 Å². The molecule has 0 saturated heterocycles. The molecule has 1 nitrogen and oxygen atoms in total. The van der Waals surface area contributed by atoms with Crippen LogP contribution in [0.15, 0.2) is 24.3 Å². The summed E-state index contributed by atoms with van der Waals surface area (Å²) in [4.78, 5) is 0. The van der Waals surface area contributed by atoms with Crippen molar-refractivity contribution in [3.05, 3.63) is 35.4 Å². The van der Waals surface area contributed by atoms with Crippen LogP contribution < -0.4 is 0 Å². The maximum atomic E-state index is 6.37. The summed E-state index contributed by atoms with van der Waals surface area (Å²) in [6.07, 6.45) is 0.191. The smallest absolute Gasteiger partial charge is 0.192 e. The standard InChI is InChI=1S/C15H26OSi/c1-12-8-10-14(11-9-12)13(2)16-17(6,7)15(3,4)5/h8-11,13H,1-7H3. The average molecular weight is 250 g/mol. The fraction of sp³-hybridized carbons (Fsp3) is 0.600. The number of benzene rings is 1. The lowest BCUT2D eigenvalue weighted by molar-refractivity contribution is 0.203. The molecule has 0 aliphatic carbocycles. The zero-order valence-electron chi connectivity index (χ0n) is 12.3. The highest BCUT2D eigenvalue weighted by Gasteiger charge is 2.38. The lowest BCUT2D eigenvalue weighted by Gasteiger charge is -2.38. The van der Waals surface area contributed by atoms with Crippen molar-refractivity contribution >= 4 is 8.32 Å². The molecule has 0 bridgehead atoms. The van der Waals surface area contributed by atoms with Gasteiger partial charge >= 0.3 is 0 Å². The van der Waals surface area contributed by atoms with Gasteiger partial charge in [-0.3, -0.25) is 0 Å². The van der Waals surface area contributed by atoms with Gasteiger partial charge in [0.15, 0.2) is 8.32 Å². The van der Waals surface area contributed by atoms with E-state index in [1.807, 2.05) is 0 Å². The van der Waals surface area contributed by atoms with E-state index in [2.05, 4.69) is 72.0 Å². The summed E-state index contributed by atoms with van der Waals surface area (Å²) < 4.78 is 6.37. The van der Waals surface area contributed by atoms with Crippen molar-refractivity contribution in [3.8, 4) is 0 Å². The molecule has 0 N–H and O–H groups in total. The number of hydrogen-bond acceptors (Lipinski definition) is 1. The van der Waals surface area contributed by atoms with Gasteiger partial charge in [-0.25, -0.2) is 0 Å². The molecule has 96 valence electrons. The highest BCUT2D eigenvalue weighted by atomic mass is 28.4. The number of aryl methyl sites for hydroxylation is 1. The SMILES string of the molecule is Cc1ccc(C(C)O[Si](C)(C)C(C)(C)C)cc1. The second-order valence-electron chi connectivity index (χ2n) is 6.43. The number of hydrogen-bond donors (Lipinski definition) is 0. The van der Waals surface area contributed by atoms with E-state index in [9.17, 15) is 0 Å². The maximum absolute atomic E-state index is 6.37. The Morgan fingerprint density at radius 3 is 1.94 bits per heavy atom. The van der Waals surface area contributed by atoms with Crippen molar-refractivity contribution in [1.29, 1.82) is 0 Å². The van der Waals surface area contributed by atoms with Gasteiger partial charge in [0, 0.05) is 0 Å². The third-order valence-electron chi connectivity index (χ3n) is 3.82. The summed E-state index contributed by atoms with van der Waals surface area (Å²) in [6.45, 7) is 15.7. The minimum Gasteiger partial charge on any atom is -0.410 e. The fourth-order valence-electron chi connectivity index (χ4n) is 1.52. The van der Waals surface area contributed by atoms with Gasteiger partial charge in [-0.15, -0.1) is 0 Å². The molecule has 2 heteroatoms. The first kappa shape index (κ1) is 14.5. The van der Waals surface area contributed by atoms with Gasteiger partial charge in [0.2, 0.25) is 0 Å². The van der Waals surface area contributed by atoms with Crippen LogP contribution in [-0.4, -0.2) is 8.32 Å². The molecule has 0 amide bonds. The Morgan fingerprint density at radius 1 is 1.06 bits per heavy atom. The second kappa shape index (κ2) is 4.95. The van der Waals surface area contributed by atoms with Crippen molar-refractivity contribution in [3.63, 3.8) is 0 Å². The molecule has 1 atom stereocenters. The first-order chi connectivity index (χ1) is 7.63. The van der Waals surface area contributed by atoms with Crippen LogP contribution in [0.3, 0.4) is 0 Å². The summed E-state index contributed by atoms with van der Waals surface area (Å²) in [7, 11) is -1.66. The van der Waals surface area contributed by atoms with E-state index in [-0.39, 0.29) is 11.1 Å². The highest BCUT2D eigenvalue weighted by Crippen LogP contribution is 2.39. The molecule has 0 aromatic heterocycles. The van der Waals surface area contributed by atoms with Crippen LogP contribution in [0.2, 0.25) is 18.1 Å². The molecule has 0 spiro atoms. The highest BCUT2D eigenvalue weighted by molar-refractivity contribution is 6.74. The van der Waals surface area contributed by atoms with Crippen LogP contribution >= 0.6 is 0 Å². The largest absolute Gasteiger partial charge is 0.410 e. The summed E-state index contributed by atoms with van der Waals surface area (Å²) in [5, 5.41) is 0.270. The minimum atomic E-state index is -1.66. The number of rotatable bonds is 3. The van der Waals surface area contributed by atoms with Crippen LogP contribution in [0.5, 0.6) is 0 Å². The molecule has 0 aliphatic heterocycles. The summed E-state index contributed by atoms with van der Waals surface area (Å²) in [5.41, 5.74) is 2.58. The average Bonchev–Trinajstić information content (AvgIpc) is 2.16. The predicted octanol–water partition coefficient (Wildman–Crippen LogP) is 5.08. The van der Waals surface area contributed by atoms with Crippen LogP contribution in [-0.2, 0) is 4.43 Å². The van der Waals surface area contributed by atoms with Gasteiger partial charge in [0.25, 0.3) is 0 Å². The molecule has 1 rings (SSSR count). The topological polar surface area (TPSA) is 9.23 Å². The van der Waals surface area contributed by atoms with Gasteiger partial charge < -0.3 is 4.43 Å². The Morgan fingerprint density at radius 2 is 1.53 bits per heavy atom. The molecule has 1 unspecified atom stereocenters. The Kier molecular flexibility index (Phi) is 4.21. The minimum absolute atomic E-state index is 0.191. The summed E-state index contributed by atoms with van der Waals surface area (Å²) in [5.74, 6) is 0. The molecule has 0 fully saturated rings. The van der Waals surface area contributed by atoms with Crippen LogP contribution in [0, 0.1) is 6.92 Å². The van der Waals surface area contributed by atoms with Gasteiger partial charge in [-0.2, -0.15) is 0 Å². The van der Waals surface area contributed by atoms with E-state index in [1.54, 1.807) is 0 Å². The molecular formula is C15H26OSi. The second-order valence-corrected chi connectivity index (χ2v) is 11.2. The van der Waals surface area contributed by atoms with E-state index >= 15 is 0 Å². The first-order valence-electron chi connectivity index (χ1n) is 6.38. The fourth-order valence-corrected chi connectivity index (χ4v) is 2.90. The van der Waals surface area contributed by atoms with E-state index in [1.165, 1.54) is 11.1 Å². The van der Waals surface area contributed by atoms with E-state index in [0.717, 1.165) is 0 Å². The van der Waals surface area contributed by atoms with Crippen molar-refractivity contribution in [1.82, 2.24) is 0 Å². The van der Waals surface area contributed by atoms with Crippen LogP contribution in [0.4, 0.5) is 0 Å². The van der Waals surface area contributed by atoms with Gasteiger partial charge in [0.1, 0.15) is 0 Å². The van der Waals surface area contributed by atoms with Crippen LogP contribution in [0.1, 0.15) is 44.9 Å². The van der Waals surface area contributed by atoms with E-state index < -0.39 is 8.32 Å². The van der Waals surface area contributed by atoms with Crippen molar-refractivity contribution < 1.29 is 4.43 Å². The Bertz CT molecular complexity index is 360. The summed E-state index contributed by atoms with van der Waals surface area (Å²) >= 11 is 0. The summed E-state index contributed by atoms with van der Waals surface area (Å²) in [6, 6.07) is 8.65. The Balaban J connectivity index is 2.79. The third kappa shape index (κ3) is 3.68. The van der Waals surface area contributed by atoms with Gasteiger partial charge in [-0.1, -0.05) is 50.6 Å². The molecular weight excluding hydrogens is 224 g/mol. The van der Waals surface area contributed by atoms with Crippen molar-refractivity contribution in [2.45, 2.75) is 58.9 Å². The maximum Gasteiger partial charge on any atom is 0.192 e. The lowest BCUT2D eigenvalue weighted by Crippen LogP contribution is -2.41. The molecule has 0 saturated carbocycles. The van der Waals surface area contributed by atoms with Gasteiger partial charge in [0.05, 0.1) is 6.10 Å². The molecule has 1 aromatic carbocycles. The molecule has 0 radical (unpaired) electrons. The quantitative estimate of drug-likeness (QED) is 0.680.